The minimum absolute atomic E-state index is 0.0123. The second-order valence-corrected chi connectivity index (χ2v) is 9.14. The number of carbonyl (C=O) groups excluding carboxylic acids is 1. The zero-order chi connectivity index (χ0) is 23.8. The van der Waals surface area contributed by atoms with Gasteiger partial charge in [0.05, 0.1) is 12.8 Å². The lowest BCUT2D eigenvalue weighted by Crippen LogP contribution is -2.43. The van der Waals surface area contributed by atoms with Gasteiger partial charge in [0.25, 0.3) is 5.56 Å². The molecule has 0 unspecified atom stereocenters. The van der Waals surface area contributed by atoms with Crippen molar-refractivity contribution in [2.75, 3.05) is 20.2 Å². The van der Waals surface area contributed by atoms with Crippen LogP contribution in [-0.4, -0.2) is 61.3 Å². The summed E-state index contributed by atoms with van der Waals surface area (Å²) in [4.78, 5) is 33.1. The maximum absolute atomic E-state index is 13.5. The van der Waals surface area contributed by atoms with Crippen LogP contribution in [0.2, 0.25) is 0 Å². The molecular formula is C23H30N6O4. The number of hydrogen-bond acceptors (Lipinski definition) is 7. The molecule has 1 saturated heterocycles. The SMILES string of the molecule is CCc1cc2nn(-c3ccnc(OC)c3)nc2c(=O)n1C1CCN(C(=O)OC(C)(C)C)CC1. The predicted molar refractivity (Wildman–Crippen MR) is 123 cm³/mol. The van der Waals surface area contributed by atoms with Crippen LogP contribution < -0.4 is 10.3 Å². The topological polar surface area (TPSA) is 104 Å². The highest BCUT2D eigenvalue weighted by Gasteiger charge is 2.29. The second kappa shape index (κ2) is 8.84. The predicted octanol–water partition coefficient (Wildman–Crippen LogP) is 3.12. The van der Waals surface area contributed by atoms with E-state index in [4.69, 9.17) is 9.47 Å². The van der Waals surface area contributed by atoms with Crippen molar-refractivity contribution in [3.05, 3.63) is 40.4 Å². The Morgan fingerprint density at radius 1 is 1.18 bits per heavy atom. The Labute approximate surface area is 192 Å². The molecule has 4 heterocycles. The lowest BCUT2D eigenvalue weighted by molar-refractivity contribution is 0.0187. The average molecular weight is 455 g/mol. The van der Waals surface area contributed by atoms with Crippen LogP contribution in [-0.2, 0) is 11.2 Å². The molecule has 3 aromatic rings. The summed E-state index contributed by atoms with van der Waals surface area (Å²) in [6.45, 7) is 8.66. The van der Waals surface area contributed by atoms with Crippen LogP contribution in [0.15, 0.2) is 29.2 Å². The number of likely N-dealkylation sites (tertiary alicyclic amines) is 1. The smallest absolute Gasteiger partial charge is 0.410 e. The fourth-order valence-corrected chi connectivity index (χ4v) is 4.10. The molecule has 1 aliphatic heterocycles. The van der Waals surface area contributed by atoms with E-state index in [0.29, 0.717) is 55.0 Å². The molecule has 0 aromatic carbocycles. The van der Waals surface area contributed by atoms with E-state index in [0.717, 1.165) is 5.69 Å². The number of aryl methyl sites for hydroxylation is 1. The Kier molecular flexibility index (Phi) is 6.09. The fraction of sp³-hybridized carbons (Fsp3) is 0.522. The number of piperidine rings is 1. The largest absolute Gasteiger partial charge is 0.481 e. The molecule has 1 fully saturated rings. The molecule has 1 amide bonds. The number of nitrogens with zero attached hydrogens (tertiary/aromatic N) is 6. The summed E-state index contributed by atoms with van der Waals surface area (Å²) in [5, 5.41) is 9.00. The first-order valence-corrected chi connectivity index (χ1v) is 11.2. The van der Waals surface area contributed by atoms with Gasteiger partial charge in [0.2, 0.25) is 5.88 Å². The van der Waals surface area contributed by atoms with E-state index in [-0.39, 0.29) is 17.7 Å². The maximum Gasteiger partial charge on any atom is 0.410 e. The van der Waals surface area contributed by atoms with Gasteiger partial charge in [-0.25, -0.2) is 9.78 Å². The molecule has 176 valence electrons. The third-order valence-corrected chi connectivity index (χ3v) is 5.68. The number of amides is 1. The number of methoxy groups -OCH3 is 1. The summed E-state index contributed by atoms with van der Waals surface area (Å²) in [6.07, 6.45) is 3.33. The zero-order valence-corrected chi connectivity index (χ0v) is 19.7. The molecule has 33 heavy (non-hydrogen) atoms. The number of rotatable bonds is 4. The van der Waals surface area contributed by atoms with Gasteiger partial charge < -0.3 is 18.9 Å². The van der Waals surface area contributed by atoms with Crippen LogP contribution in [0.1, 0.15) is 52.3 Å². The van der Waals surface area contributed by atoms with E-state index in [1.807, 2.05) is 38.3 Å². The Bertz CT molecular complexity index is 1220. The van der Waals surface area contributed by atoms with Gasteiger partial charge in [-0.3, -0.25) is 4.79 Å². The minimum Gasteiger partial charge on any atom is -0.481 e. The van der Waals surface area contributed by atoms with Crippen LogP contribution in [0.3, 0.4) is 0 Å². The first-order chi connectivity index (χ1) is 15.7. The van der Waals surface area contributed by atoms with Crippen LogP contribution >= 0.6 is 0 Å². The standard InChI is InChI=1S/C23H30N6O4/c1-6-15-13-18-20(26-29(25-18)17-7-10-24-19(14-17)32-5)21(30)28(15)16-8-11-27(12-9-16)22(31)33-23(2,3)4/h7,10,13-14,16H,6,8-9,11-12H2,1-5H3. The first kappa shape index (κ1) is 22.8. The molecule has 10 nitrogen and oxygen atoms in total. The van der Waals surface area contributed by atoms with Crippen molar-refractivity contribution in [3.63, 3.8) is 0 Å². The summed E-state index contributed by atoms with van der Waals surface area (Å²) >= 11 is 0. The molecule has 0 spiro atoms. The van der Waals surface area contributed by atoms with Crippen molar-refractivity contribution in [3.8, 4) is 11.6 Å². The number of hydrogen-bond donors (Lipinski definition) is 0. The molecule has 3 aromatic heterocycles. The summed E-state index contributed by atoms with van der Waals surface area (Å²) in [6, 6.07) is 5.39. The van der Waals surface area contributed by atoms with E-state index in [1.165, 1.54) is 4.80 Å². The summed E-state index contributed by atoms with van der Waals surface area (Å²) in [5.74, 6) is 0.442. The lowest BCUT2D eigenvalue weighted by Gasteiger charge is -2.34. The van der Waals surface area contributed by atoms with Crippen molar-refractivity contribution in [1.82, 2.24) is 29.4 Å². The van der Waals surface area contributed by atoms with Gasteiger partial charge in [0.15, 0.2) is 5.52 Å². The molecule has 0 atom stereocenters. The van der Waals surface area contributed by atoms with Gasteiger partial charge in [-0.05, 0) is 52.2 Å². The highest BCUT2D eigenvalue weighted by Crippen LogP contribution is 2.25. The Morgan fingerprint density at radius 2 is 1.91 bits per heavy atom. The quantitative estimate of drug-likeness (QED) is 0.596. The summed E-state index contributed by atoms with van der Waals surface area (Å²) in [5.41, 5.74) is 1.74. The molecule has 4 rings (SSSR count). The van der Waals surface area contributed by atoms with Crippen molar-refractivity contribution in [1.29, 1.82) is 0 Å². The zero-order valence-electron chi connectivity index (χ0n) is 19.7. The number of pyridine rings is 2. The number of ether oxygens (including phenoxy) is 2. The number of carbonyl (C=O) groups is 1. The van der Waals surface area contributed by atoms with Crippen LogP contribution in [0.25, 0.3) is 16.7 Å². The van der Waals surface area contributed by atoms with Crippen LogP contribution in [0, 0.1) is 0 Å². The van der Waals surface area contributed by atoms with E-state index >= 15 is 0 Å². The van der Waals surface area contributed by atoms with Crippen LogP contribution in [0.4, 0.5) is 4.79 Å². The van der Waals surface area contributed by atoms with Gasteiger partial charge in [0.1, 0.15) is 11.1 Å². The maximum atomic E-state index is 13.5. The van der Waals surface area contributed by atoms with Gasteiger partial charge in [0, 0.05) is 37.1 Å². The molecule has 0 aliphatic carbocycles. The lowest BCUT2D eigenvalue weighted by atomic mass is 10.0. The normalized spacial score (nSPS) is 15.1. The van der Waals surface area contributed by atoms with Crippen molar-refractivity contribution in [2.45, 2.75) is 58.6 Å². The second-order valence-electron chi connectivity index (χ2n) is 9.14. The summed E-state index contributed by atoms with van der Waals surface area (Å²) in [7, 11) is 1.54. The van der Waals surface area contributed by atoms with Gasteiger partial charge in [-0.15, -0.1) is 15.0 Å². The third-order valence-electron chi connectivity index (χ3n) is 5.68. The third kappa shape index (κ3) is 4.69. The van der Waals surface area contributed by atoms with E-state index < -0.39 is 5.60 Å². The highest BCUT2D eigenvalue weighted by atomic mass is 16.6. The van der Waals surface area contributed by atoms with Crippen molar-refractivity contribution >= 4 is 17.1 Å². The molecule has 1 aliphatic rings. The Balaban J connectivity index is 1.62. The first-order valence-electron chi connectivity index (χ1n) is 11.2. The van der Waals surface area contributed by atoms with E-state index in [2.05, 4.69) is 15.2 Å². The van der Waals surface area contributed by atoms with E-state index in [1.54, 1.807) is 30.3 Å². The van der Waals surface area contributed by atoms with Crippen molar-refractivity contribution < 1.29 is 14.3 Å². The molecule has 10 heteroatoms. The average Bonchev–Trinajstić information content (AvgIpc) is 3.22. The highest BCUT2D eigenvalue weighted by molar-refractivity contribution is 5.73. The Morgan fingerprint density at radius 3 is 2.55 bits per heavy atom. The minimum atomic E-state index is -0.532. The fourth-order valence-electron chi connectivity index (χ4n) is 4.10. The van der Waals surface area contributed by atoms with Gasteiger partial charge in [-0.1, -0.05) is 6.92 Å². The van der Waals surface area contributed by atoms with Crippen LogP contribution in [0.5, 0.6) is 5.88 Å². The molecule has 0 N–H and O–H groups in total. The number of fused-ring (bicyclic) bond motifs is 1. The molecule has 0 bridgehead atoms. The monoisotopic (exact) mass is 454 g/mol. The number of aromatic nitrogens is 5. The summed E-state index contributed by atoms with van der Waals surface area (Å²) < 4.78 is 12.5. The molecule has 0 radical (unpaired) electrons. The molecular weight excluding hydrogens is 424 g/mol. The van der Waals surface area contributed by atoms with Crippen molar-refractivity contribution in [2.24, 2.45) is 0 Å². The van der Waals surface area contributed by atoms with E-state index in [9.17, 15) is 9.59 Å². The van der Waals surface area contributed by atoms with Gasteiger partial charge >= 0.3 is 6.09 Å². The Hall–Kier alpha value is -3.43. The van der Waals surface area contributed by atoms with Gasteiger partial charge in [-0.2, -0.15) is 0 Å². The molecule has 0 saturated carbocycles.